The summed E-state index contributed by atoms with van der Waals surface area (Å²) in [5, 5.41) is 16.8. The Morgan fingerprint density at radius 1 is 1.17 bits per heavy atom. The molecule has 0 aliphatic carbocycles. The van der Waals surface area contributed by atoms with Crippen molar-refractivity contribution in [1.29, 1.82) is 0 Å². The predicted octanol–water partition coefficient (Wildman–Crippen LogP) is 3.04. The number of halogens is 1. The van der Waals surface area contributed by atoms with Gasteiger partial charge in [-0.25, -0.2) is 4.98 Å². The van der Waals surface area contributed by atoms with Crippen LogP contribution in [-0.4, -0.2) is 45.2 Å². The molecule has 7 nitrogen and oxygen atoms in total. The topological polar surface area (TPSA) is 87.4 Å². The lowest BCUT2D eigenvalue weighted by Gasteiger charge is -2.14. The molecule has 1 aromatic carbocycles. The molecule has 0 saturated heterocycles. The number of rotatable bonds is 8. The largest absolute Gasteiger partial charge is 0.386 e. The van der Waals surface area contributed by atoms with Crippen molar-refractivity contribution in [2.24, 2.45) is 4.99 Å². The number of pyridine rings is 1. The summed E-state index contributed by atoms with van der Waals surface area (Å²) in [5.41, 5.74) is 3.02. The van der Waals surface area contributed by atoms with Crippen LogP contribution in [0.1, 0.15) is 30.8 Å². The highest BCUT2D eigenvalue weighted by Gasteiger charge is 2.08. The molecule has 0 aliphatic rings. The second-order valence-corrected chi connectivity index (χ2v) is 6.60. The zero-order valence-corrected chi connectivity index (χ0v) is 19.2. The van der Waals surface area contributed by atoms with Gasteiger partial charge in [-0.05, 0) is 50.1 Å². The Hall–Kier alpha value is -2.20. The number of aliphatic hydroxyl groups excluding tert-OH is 1. The second-order valence-electron chi connectivity index (χ2n) is 6.60. The molecule has 156 valence electrons. The Bertz CT molecular complexity index is 912. The van der Waals surface area contributed by atoms with E-state index < -0.39 is 6.10 Å². The van der Waals surface area contributed by atoms with Gasteiger partial charge < -0.3 is 20.3 Å². The minimum Gasteiger partial charge on any atom is -0.386 e. The highest BCUT2D eigenvalue weighted by molar-refractivity contribution is 14.0. The van der Waals surface area contributed by atoms with E-state index >= 15 is 0 Å². The maximum Gasteiger partial charge on any atom is 0.191 e. The second kappa shape index (κ2) is 11.7. The number of nitrogens with zero attached hydrogens (tertiary/aromatic N) is 4. The van der Waals surface area contributed by atoms with E-state index in [0.717, 1.165) is 43.0 Å². The molecular weight excluding hydrogens is 479 g/mol. The molecule has 8 heteroatoms. The molecule has 0 spiro atoms. The molecule has 2 aromatic heterocycles. The molecule has 3 N–H and O–H groups in total. The number of hydrogen-bond acceptors (Lipinski definition) is 4. The van der Waals surface area contributed by atoms with E-state index in [9.17, 15) is 5.11 Å². The van der Waals surface area contributed by atoms with Crippen LogP contribution in [-0.2, 0) is 6.54 Å². The molecule has 1 unspecified atom stereocenters. The van der Waals surface area contributed by atoms with Crippen LogP contribution in [0.4, 0.5) is 0 Å². The maximum absolute atomic E-state index is 10.3. The number of fused-ring (bicyclic) bond motifs is 1. The van der Waals surface area contributed by atoms with E-state index in [-0.39, 0.29) is 24.0 Å². The highest BCUT2D eigenvalue weighted by atomic mass is 127. The van der Waals surface area contributed by atoms with Crippen LogP contribution in [0.25, 0.3) is 11.0 Å². The molecule has 3 aromatic rings. The van der Waals surface area contributed by atoms with Gasteiger partial charge in [0.1, 0.15) is 5.82 Å². The van der Waals surface area contributed by atoms with Crippen molar-refractivity contribution in [2.45, 2.75) is 32.9 Å². The van der Waals surface area contributed by atoms with Crippen molar-refractivity contribution in [3.05, 3.63) is 60.2 Å². The standard InChI is InChI=1S/C21H28N6O.HI/c1-3-23-21(25-15-20(28)17-9-12-22-13-10-17)24-11-6-14-27-16(2)26-18-7-4-5-8-19(18)27;/h4-5,7-10,12-13,20,28H,3,6,11,14-15H2,1-2H3,(H2,23,24,25);1H. The van der Waals surface area contributed by atoms with Gasteiger partial charge in [0, 0.05) is 32.0 Å². The molecule has 29 heavy (non-hydrogen) atoms. The number of para-hydroxylation sites is 2. The number of benzene rings is 1. The first-order valence-corrected chi connectivity index (χ1v) is 9.71. The predicted molar refractivity (Wildman–Crippen MR) is 128 cm³/mol. The molecule has 0 radical (unpaired) electrons. The van der Waals surface area contributed by atoms with E-state index in [2.05, 4.69) is 36.2 Å². The lowest BCUT2D eigenvalue weighted by molar-refractivity contribution is 0.187. The third-order valence-corrected chi connectivity index (χ3v) is 4.55. The Morgan fingerprint density at radius 3 is 2.69 bits per heavy atom. The van der Waals surface area contributed by atoms with Gasteiger partial charge in [-0.3, -0.25) is 9.98 Å². The Balaban J connectivity index is 0.00000300. The van der Waals surface area contributed by atoms with Gasteiger partial charge in [0.25, 0.3) is 0 Å². The molecule has 0 saturated carbocycles. The van der Waals surface area contributed by atoms with Gasteiger partial charge in [0.15, 0.2) is 5.96 Å². The fourth-order valence-corrected chi connectivity index (χ4v) is 3.13. The number of guanidine groups is 1. The maximum atomic E-state index is 10.3. The number of aliphatic hydroxyl groups is 1. The molecule has 0 aliphatic heterocycles. The molecule has 0 fully saturated rings. The molecule has 0 bridgehead atoms. The number of aryl methyl sites for hydroxylation is 2. The number of imidazole rings is 1. The third kappa shape index (κ3) is 6.40. The number of aliphatic imine (C=N–C) groups is 1. The van der Waals surface area contributed by atoms with Crippen LogP contribution in [0.2, 0.25) is 0 Å². The van der Waals surface area contributed by atoms with Crippen LogP contribution in [0, 0.1) is 6.92 Å². The minimum absolute atomic E-state index is 0. The number of aromatic nitrogens is 3. The zero-order valence-electron chi connectivity index (χ0n) is 16.9. The summed E-state index contributed by atoms with van der Waals surface area (Å²) in [6.07, 6.45) is 3.65. The smallest absolute Gasteiger partial charge is 0.191 e. The fourth-order valence-electron chi connectivity index (χ4n) is 3.13. The summed E-state index contributed by atoms with van der Waals surface area (Å²) in [5.74, 6) is 1.74. The van der Waals surface area contributed by atoms with Crippen molar-refractivity contribution >= 4 is 41.0 Å². The molecule has 3 rings (SSSR count). The zero-order chi connectivity index (χ0) is 19.8. The SMILES string of the molecule is CCNC(=NCC(O)c1ccncc1)NCCCn1c(C)nc2ccccc21.I. The summed E-state index contributed by atoms with van der Waals surface area (Å²) in [6, 6.07) is 11.8. The summed E-state index contributed by atoms with van der Waals surface area (Å²) in [7, 11) is 0. The molecule has 2 heterocycles. The lowest BCUT2D eigenvalue weighted by atomic mass is 10.1. The number of nitrogens with one attached hydrogen (secondary N) is 2. The lowest BCUT2D eigenvalue weighted by Crippen LogP contribution is -2.38. The van der Waals surface area contributed by atoms with Crippen LogP contribution >= 0.6 is 24.0 Å². The molecule has 0 amide bonds. The average Bonchev–Trinajstić information content (AvgIpc) is 3.04. The first-order valence-electron chi connectivity index (χ1n) is 9.71. The van der Waals surface area contributed by atoms with Crippen molar-refractivity contribution in [2.75, 3.05) is 19.6 Å². The van der Waals surface area contributed by atoms with Gasteiger partial charge in [-0.2, -0.15) is 0 Å². The van der Waals surface area contributed by atoms with Gasteiger partial charge in [-0.15, -0.1) is 24.0 Å². The fraction of sp³-hybridized carbons (Fsp3) is 0.381. The first-order chi connectivity index (χ1) is 13.7. The molecular formula is C21H29IN6O. The Labute approximate surface area is 188 Å². The van der Waals surface area contributed by atoms with Crippen molar-refractivity contribution in [3.8, 4) is 0 Å². The van der Waals surface area contributed by atoms with E-state index in [1.165, 1.54) is 5.52 Å². The van der Waals surface area contributed by atoms with Crippen LogP contribution in [0.3, 0.4) is 0 Å². The van der Waals surface area contributed by atoms with Gasteiger partial charge in [0.2, 0.25) is 0 Å². The van der Waals surface area contributed by atoms with Gasteiger partial charge in [0.05, 0.1) is 23.7 Å². The van der Waals surface area contributed by atoms with Crippen molar-refractivity contribution in [1.82, 2.24) is 25.2 Å². The average molecular weight is 508 g/mol. The molecule has 1 atom stereocenters. The summed E-state index contributed by atoms with van der Waals surface area (Å²) in [6.45, 7) is 6.80. The van der Waals surface area contributed by atoms with Crippen molar-refractivity contribution in [3.63, 3.8) is 0 Å². The third-order valence-electron chi connectivity index (χ3n) is 4.55. The minimum atomic E-state index is -0.640. The van der Waals surface area contributed by atoms with Gasteiger partial charge in [-0.1, -0.05) is 12.1 Å². The highest BCUT2D eigenvalue weighted by Crippen LogP contribution is 2.15. The van der Waals surface area contributed by atoms with Crippen molar-refractivity contribution < 1.29 is 5.11 Å². The van der Waals surface area contributed by atoms with E-state index in [4.69, 9.17) is 0 Å². The van der Waals surface area contributed by atoms with E-state index in [1.807, 2.05) is 32.0 Å². The van der Waals surface area contributed by atoms with E-state index in [0.29, 0.717) is 12.5 Å². The quantitative estimate of drug-likeness (QED) is 0.189. The summed E-state index contributed by atoms with van der Waals surface area (Å²) in [4.78, 5) is 13.1. The summed E-state index contributed by atoms with van der Waals surface area (Å²) >= 11 is 0. The number of hydrogen-bond donors (Lipinski definition) is 3. The monoisotopic (exact) mass is 508 g/mol. The van der Waals surface area contributed by atoms with Crippen LogP contribution in [0.15, 0.2) is 53.8 Å². The normalized spacial score (nSPS) is 12.4. The van der Waals surface area contributed by atoms with Gasteiger partial charge >= 0.3 is 0 Å². The Morgan fingerprint density at radius 2 is 1.93 bits per heavy atom. The Kier molecular flexibility index (Phi) is 9.33. The van der Waals surface area contributed by atoms with Crippen LogP contribution < -0.4 is 10.6 Å². The van der Waals surface area contributed by atoms with E-state index in [1.54, 1.807) is 24.5 Å². The summed E-state index contributed by atoms with van der Waals surface area (Å²) < 4.78 is 2.24. The first kappa shape index (κ1) is 23.1. The van der Waals surface area contributed by atoms with Crippen LogP contribution in [0.5, 0.6) is 0 Å².